The third kappa shape index (κ3) is 4.24. The van der Waals surface area contributed by atoms with Crippen molar-refractivity contribution in [3.63, 3.8) is 0 Å². The third-order valence-electron chi connectivity index (χ3n) is 2.35. The molecule has 0 bridgehead atoms. The monoisotopic (exact) mass is 248 g/mol. The molecule has 0 atom stereocenters. The Bertz CT molecular complexity index is 433. The lowest BCUT2D eigenvalue weighted by Crippen LogP contribution is -2.11. The van der Waals surface area contributed by atoms with Crippen molar-refractivity contribution < 1.29 is 14.3 Å². The highest BCUT2D eigenvalue weighted by molar-refractivity contribution is 5.73. The lowest BCUT2D eigenvalue weighted by Gasteiger charge is -2.10. The smallest absolute Gasteiger partial charge is 0.311 e. The molecule has 1 rings (SSSR count). The molecule has 18 heavy (non-hydrogen) atoms. The number of rotatable bonds is 5. The van der Waals surface area contributed by atoms with Gasteiger partial charge in [0, 0.05) is 6.42 Å². The summed E-state index contributed by atoms with van der Waals surface area (Å²) in [7, 11) is 1.56. The zero-order valence-electron chi connectivity index (χ0n) is 11.4. The van der Waals surface area contributed by atoms with E-state index in [4.69, 9.17) is 9.47 Å². The van der Waals surface area contributed by atoms with E-state index in [-0.39, 0.29) is 11.9 Å². The first-order chi connectivity index (χ1) is 8.56. The summed E-state index contributed by atoms with van der Waals surface area (Å²) < 4.78 is 10.5. The van der Waals surface area contributed by atoms with Crippen LogP contribution >= 0.6 is 0 Å². The molecule has 0 aliphatic carbocycles. The van der Waals surface area contributed by atoms with Crippen molar-refractivity contribution in [2.45, 2.75) is 27.2 Å². The third-order valence-corrected chi connectivity index (χ3v) is 2.35. The molecule has 0 saturated heterocycles. The highest BCUT2D eigenvalue weighted by Crippen LogP contribution is 2.29. The number of allylic oxidation sites excluding steroid dienone is 1. The van der Waals surface area contributed by atoms with Gasteiger partial charge in [0.25, 0.3) is 0 Å². The standard InChI is InChI=1S/C15H20O3/c1-5-6-12-7-8-13(14(10-12)17-4)18-15(16)9-11(2)3/h5-8,10-11H,9H2,1-4H3. The summed E-state index contributed by atoms with van der Waals surface area (Å²) in [6, 6.07) is 5.49. The molecule has 3 heteroatoms. The zero-order valence-corrected chi connectivity index (χ0v) is 11.4. The first-order valence-corrected chi connectivity index (χ1v) is 6.08. The summed E-state index contributed by atoms with van der Waals surface area (Å²) >= 11 is 0. The molecule has 0 aliphatic heterocycles. The van der Waals surface area contributed by atoms with Crippen molar-refractivity contribution in [2.24, 2.45) is 5.92 Å². The molecule has 3 nitrogen and oxygen atoms in total. The van der Waals surface area contributed by atoms with Crippen LogP contribution in [0, 0.1) is 5.92 Å². The maximum atomic E-state index is 11.6. The van der Waals surface area contributed by atoms with E-state index in [1.165, 1.54) is 0 Å². The number of benzene rings is 1. The number of carbonyl (C=O) groups excluding carboxylic acids is 1. The van der Waals surface area contributed by atoms with Gasteiger partial charge in [-0.2, -0.15) is 0 Å². The molecule has 0 aliphatic rings. The van der Waals surface area contributed by atoms with Crippen LogP contribution in [0.15, 0.2) is 24.3 Å². The molecular weight excluding hydrogens is 228 g/mol. The van der Waals surface area contributed by atoms with E-state index in [9.17, 15) is 4.79 Å². The predicted molar refractivity (Wildman–Crippen MR) is 72.8 cm³/mol. The van der Waals surface area contributed by atoms with E-state index < -0.39 is 0 Å². The molecule has 0 heterocycles. The Labute approximate surface area is 108 Å². The van der Waals surface area contributed by atoms with E-state index >= 15 is 0 Å². The van der Waals surface area contributed by atoms with E-state index in [0.717, 1.165) is 5.56 Å². The molecule has 0 aromatic heterocycles. The second kappa shape index (κ2) is 6.84. The minimum atomic E-state index is -0.234. The van der Waals surface area contributed by atoms with Gasteiger partial charge in [0.15, 0.2) is 11.5 Å². The summed E-state index contributed by atoms with van der Waals surface area (Å²) in [5.74, 6) is 1.09. The van der Waals surface area contributed by atoms with E-state index in [1.807, 2.05) is 45.1 Å². The normalized spacial score (nSPS) is 10.9. The Hall–Kier alpha value is -1.77. The lowest BCUT2D eigenvalue weighted by molar-refractivity contribution is -0.135. The van der Waals surface area contributed by atoms with Crippen LogP contribution in [0.4, 0.5) is 0 Å². The van der Waals surface area contributed by atoms with Gasteiger partial charge in [0.1, 0.15) is 0 Å². The molecule has 1 aromatic rings. The summed E-state index contributed by atoms with van der Waals surface area (Å²) in [4.78, 5) is 11.6. The largest absolute Gasteiger partial charge is 0.493 e. The number of carbonyl (C=O) groups is 1. The fourth-order valence-electron chi connectivity index (χ4n) is 1.56. The number of hydrogen-bond acceptors (Lipinski definition) is 3. The van der Waals surface area contributed by atoms with Crippen LogP contribution in [-0.2, 0) is 4.79 Å². The van der Waals surface area contributed by atoms with Crippen molar-refractivity contribution in [1.82, 2.24) is 0 Å². The van der Waals surface area contributed by atoms with E-state index in [2.05, 4.69) is 0 Å². The number of esters is 1. The molecule has 0 N–H and O–H groups in total. The Morgan fingerprint density at radius 1 is 1.33 bits per heavy atom. The summed E-state index contributed by atoms with van der Waals surface area (Å²) in [5.41, 5.74) is 1.01. The van der Waals surface area contributed by atoms with Gasteiger partial charge >= 0.3 is 5.97 Å². The van der Waals surface area contributed by atoms with Crippen LogP contribution in [-0.4, -0.2) is 13.1 Å². The van der Waals surface area contributed by atoms with Crippen LogP contribution in [0.5, 0.6) is 11.5 Å². The maximum Gasteiger partial charge on any atom is 0.311 e. The number of methoxy groups -OCH3 is 1. The van der Waals surface area contributed by atoms with Crippen molar-refractivity contribution in [1.29, 1.82) is 0 Å². The summed E-state index contributed by atoms with van der Waals surface area (Å²) in [5, 5.41) is 0. The highest BCUT2D eigenvalue weighted by atomic mass is 16.6. The van der Waals surface area contributed by atoms with Gasteiger partial charge in [-0.15, -0.1) is 0 Å². The average Bonchev–Trinajstić information content (AvgIpc) is 2.30. The molecule has 0 radical (unpaired) electrons. The van der Waals surface area contributed by atoms with Crippen LogP contribution in [0.25, 0.3) is 6.08 Å². The average molecular weight is 248 g/mol. The first kappa shape index (κ1) is 14.3. The van der Waals surface area contributed by atoms with Crippen molar-refractivity contribution in [3.8, 4) is 11.5 Å². The van der Waals surface area contributed by atoms with E-state index in [1.54, 1.807) is 13.2 Å². The molecule has 0 unspecified atom stereocenters. The van der Waals surface area contributed by atoms with Gasteiger partial charge < -0.3 is 9.47 Å². The highest BCUT2D eigenvalue weighted by Gasteiger charge is 2.11. The minimum absolute atomic E-state index is 0.234. The minimum Gasteiger partial charge on any atom is -0.493 e. The van der Waals surface area contributed by atoms with Crippen molar-refractivity contribution in [3.05, 3.63) is 29.8 Å². The van der Waals surface area contributed by atoms with Crippen molar-refractivity contribution >= 4 is 12.0 Å². The quantitative estimate of drug-likeness (QED) is 0.589. The second-order valence-electron chi connectivity index (χ2n) is 4.48. The Morgan fingerprint density at radius 2 is 2.06 bits per heavy atom. The second-order valence-corrected chi connectivity index (χ2v) is 4.48. The van der Waals surface area contributed by atoms with Crippen LogP contribution < -0.4 is 9.47 Å². The van der Waals surface area contributed by atoms with Crippen LogP contribution in [0.2, 0.25) is 0 Å². The van der Waals surface area contributed by atoms with Gasteiger partial charge in [-0.3, -0.25) is 4.79 Å². The van der Waals surface area contributed by atoms with Gasteiger partial charge in [-0.1, -0.05) is 32.1 Å². The SMILES string of the molecule is CC=Cc1ccc(OC(=O)CC(C)C)c(OC)c1. The van der Waals surface area contributed by atoms with E-state index in [0.29, 0.717) is 17.9 Å². The fourth-order valence-corrected chi connectivity index (χ4v) is 1.56. The molecule has 98 valence electrons. The first-order valence-electron chi connectivity index (χ1n) is 6.08. The Balaban J connectivity index is 2.85. The molecule has 1 aromatic carbocycles. The number of hydrogen-bond donors (Lipinski definition) is 0. The molecule has 0 saturated carbocycles. The van der Waals surface area contributed by atoms with Crippen LogP contribution in [0.1, 0.15) is 32.8 Å². The summed E-state index contributed by atoms with van der Waals surface area (Å²) in [6.45, 7) is 5.91. The van der Waals surface area contributed by atoms with Gasteiger partial charge in [0.05, 0.1) is 7.11 Å². The van der Waals surface area contributed by atoms with Crippen LogP contribution in [0.3, 0.4) is 0 Å². The molecule has 0 amide bonds. The zero-order chi connectivity index (χ0) is 13.5. The Kier molecular flexibility index (Phi) is 5.43. The van der Waals surface area contributed by atoms with Gasteiger partial charge in [0.2, 0.25) is 0 Å². The maximum absolute atomic E-state index is 11.6. The summed E-state index contributed by atoms with van der Waals surface area (Å²) in [6.07, 6.45) is 4.31. The number of ether oxygens (including phenoxy) is 2. The van der Waals surface area contributed by atoms with Gasteiger partial charge in [-0.25, -0.2) is 0 Å². The van der Waals surface area contributed by atoms with Crippen molar-refractivity contribution in [2.75, 3.05) is 7.11 Å². The fraction of sp³-hybridized carbons (Fsp3) is 0.400. The van der Waals surface area contributed by atoms with Gasteiger partial charge in [-0.05, 0) is 30.5 Å². The predicted octanol–water partition coefficient (Wildman–Crippen LogP) is 3.68. The Morgan fingerprint density at radius 3 is 2.61 bits per heavy atom. The molecule has 0 fully saturated rings. The lowest BCUT2D eigenvalue weighted by atomic mass is 10.1. The molecular formula is C15H20O3. The topological polar surface area (TPSA) is 35.5 Å². The molecule has 0 spiro atoms.